The van der Waals surface area contributed by atoms with Crippen LogP contribution in [0.15, 0.2) is 18.2 Å². The quantitative estimate of drug-likeness (QED) is 0.835. The summed E-state index contributed by atoms with van der Waals surface area (Å²) >= 11 is 0. The number of esters is 1. The average Bonchev–Trinajstić information content (AvgIpc) is 2.36. The van der Waals surface area contributed by atoms with Gasteiger partial charge in [-0.15, -0.1) is 0 Å². The topological polar surface area (TPSA) is 55.8 Å². The Kier molecular flexibility index (Phi) is 4.89. The molecule has 19 heavy (non-hydrogen) atoms. The van der Waals surface area contributed by atoms with Gasteiger partial charge in [-0.3, -0.25) is 4.79 Å². The highest BCUT2D eigenvalue weighted by Gasteiger charge is 2.30. The Morgan fingerprint density at radius 2 is 2.11 bits per heavy atom. The minimum Gasteiger partial charge on any atom is -0.489 e. The molecule has 0 aliphatic heterocycles. The molecule has 0 spiro atoms. The van der Waals surface area contributed by atoms with Crippen LogP contribution >= 0.6 is 0 Å². The summed E-state index contributed by atoms with van der Waals surface area (Å²) in [6.45, 7) is 4.86. The van der Waals surface area contributed by atoms with E-state index in [2.05, 4.69) is 4.74 Å². The van der Waals surface area contributed by atoms with Crippen molar-refractivity contribution in [1.82, 2.24) is 0 Å². The van der Waals surface area contributed by atoms with Crippen molar-refractivity contribution in [3.8, 4) is 5.75 Å². The maximum Gasteiger partial charge on any atom is 0.314 e. The molecule has 106 valence electrons. The first-order valence-corrected chi connectivity index (χ1v) is 5.96. The highest BCUT2D eigenvalue weighted by molar-refractivity contribution is 5.75. The third kappa shape index (κ3) is 3.92. The van der Waals surface area contributed by atoms with E-state index in [0.717, 1.165) is 0 Å². The van der Waals surface area contributed by atoms with E-state index >= 15 is 0 Å². The van der Waals surface area contributed by atoms with Gasteiger partial charge in [0.2, 0.25) is 0 Å². The molecule has 0 heterocycles. The van der Waals surface area contributed by atoms with Crippen LogP contribution in [0.25, 0.3) is 0 Å². The van der Waals surface area contributed by atoms with E-state index in [4.69, 9.17) is 4.74 Å². The number of aliphatic hydroxyl groups excluding tert-OH is 1. The summed E-state index contributed by atoms with van der Waals surface area (Å²) in [6.07, 6.45) is -0.741. The molecule has 0 aliphatic rings. The zero-order valence-electron chi connectivity index (χ0n) is 11.6. The van der Waals surface area contributed by atoms with Crippen molar-refractivity contribution in [2.24, 2.45) is 5.41 Å². The molecule has 0 aromatic heterocycles. The summed E-state index contributed by atoms with van der Waals surface area (Å²) in [4.78, 5) is 11.5. The van der Waals surface area contributed by atoms with Gasteiger partial charge in [0.15, 0.2) is 11.6 Å². The van der Waals surface area contributed by atoms with Gasteiger partial charge in [-0.1, -0.05) is 6.07 Å². The predicted molar refractivity (Wildman–Crippen MR) is 68.3 cm³/mol. The highest BCUT2D eigenvalue weighted by Crippen LogP contribution is 2.25. The van der Waals surface area contributed by atoms with Crippen molar-refractivity contribution in [2.75, 3.05) is 13.7 Å². The summed E-state index contributed by atoms with van der Waals surface area (Å²) in [5.41, 5.74) is -0.387. The number of hydrogen-bond donors (Lipinski definition) is 1. The van der Waals surface area contributed by atoms with E-state index in [9.17, 15) is 14.3 Å². The van der Waals surface area contributed by atoms with Crippen molar-refractivity contribution in [3.63, 3.8) is 0 Å². The Bertz CT molecular complexity index is 455. The monoisotopic (exact) mass is 270 g/mol. The van der Waals surface area contributed by atoms with E-state index in [1.807, 2.05) is 0 Å². The first kappa shape index (κ1) is 15.4. The molecule has 0 radical (unpaired) electrons. The molecule has 0 bridgehead atoms. The molecule has 0 fully saturated rings. The zero-order chi connectivity index (χ0) is 14.6. The standard InChI is InChI=1S/C14H19FO4/c1-9(16)10-5-6-12(11(15)7-10)19-8-14(2,3)13(17)18-4/h5-7,9,16H,8H2,1-4H3/t9-/m1/s1. The Balaban J connectivity index is 2.76. The largest absolute Gasteiger partial charge is 0.489 e. The summed E-state index contributed by atoms with van der Waals surface area (Å²) in [5, 5.41) is 9.33. The smallest absolute Gasteiger partial charge is 0.314 e. The number of rotatable bonds is 5. The van der Waals surface area contributed by atoms with E-state index in [0.29, 0.717) is 5.56 Å². The van der Waals surface area contributed by atoms with Gasteiger partial charge in [0.1, 0.15) is 6.61 Å². The molecule has 1 aromatic rings. The summed E-state index contributed by atoms with van der Waals surface area (Å²) < 4.78 is 23.7. The van der Waals surface area contributed by atoms with Crippen LogP contribution in [-0.4, -0.2) is 24.8 Å². The van der Waals surface area contributed by atoms with Crippen LogP contribution in [0.2, 0.25) is 0 Å². The highest BCUT2D eigenvalue weighted by atomic mass is 19.1. The van der Waals surface area contributed by atoms with Crippen molar-refractivity contribution in [3.05, 3.63) is 29.6 Å². The van der Waals surface area contributed by atoms with Crippen LogP contribution in [0.3, 0.4) is 0 Å². The molecule has 1 aromatic carbocycles. The molecule has 0 saturated heterocycles. The van der Waals surface area contributed by atoms with Gasteiger partial charge in [-0.2, -0.15) is 0 Å². The SMILES string of the molecule is COC(=O)C(C)(C)COc1ccc([C@@H](C)O)cc1F. The molecular weight excluding hydrogens is 251 g/mol. The maximum atomic E-state index is 13.7. The second kappa shape index (κ2) is 6.02. The number of carbonyl (C=O) groups excluding carboxylic acids is 1. The third-order valence-corrected chi connectivity index (χ3v) is 2.76. The lowest BCUT2D eigenvalue weighted by atomic mass is 9.95. The third-order valence-electron chi connectivity index (χ3n) is 2.76. The predicted octanol–water partition coefficient (Wildman–Crippen LogP) is 2.46. The van der Waals surface area contributed by atoms with E-state index in [1.165, 1.54) is 19.2 Å². The number of halogens is 1. The lowest BCUT2D eigenvalue weighted by Crippen LogP contribution is -2.32. The molecule has 0 amide bonds. The van der Waals surface area contributed by atoms with Gasteiger partial charge in [-0.05, 0) is 38.5 Å². The van der Waals surface area contributed by atoms with Gasteiger partial charge in [-0.25, -0.2) is 4.39 Å². The number of carbonyl (C=O) groups is 1. The fraction of sp³-hybridized carbons (Fsp3) is 0.500. The second-order valence-corrected chi connectivity index (χ2v) is 5.03. The fourth-order valence-electron chi connectivity index (χ4n) is 1.49. The first-order valence-electron chi connectivity index (χ1n) is 5.96. The molecule has 5 heteroatoms. The lowest BCUT2D eigenvalue weighted by molar-refractivity contribution is -0.152. The van der Waals surface area contributed by atoms with Gasteiger partial charge in [0, 0.05) is 0 Å². The van der Waals surface area contributed by atoms with E-state index in [-0.39, 0.29) is 12.4 Å². The van der Waals surface area contributed by atoms with Crippen molar-refractivity contribution in [2.45, 2.75) is 26.9 Å². The van der Waals surface area contributed by atoms with E-state index < -0.39 is 23.3 Å². The van der Waals surface area contributed by atoms with E-state index in [1.54, 1.807) is 26.8 Å². The Labute approximate surface area is 112 Å². The molecule has 0 unspecified atom stereocenters. The van der Waals surface area contributed by atoms with Crippen LogP contribution in [0.5, 0.6) is 5.75 Å². The molecular formula is C14H19FO4. The number of aliphatic hydroxyl groups is 1. The van der Waals surface area contributed by atoms with Crippen LogP contribution < -0.4 is 4.74 Å². The van der Waals surface area contributed by atoms with Gasteiger partial charge in [0.05, 0.1) is 18.6 Å². The lowest BCUT2D eigenvalue weighted by Gasteiger charge is -2.22. The van der Waals surface area contributed by atoms with Gasteiger partial charge in [0.25, 0.3) is 0 Å². The average molecular weight is 270 g/mol. The zero-order valence-corrected chi connectivity index (χ0v) is 11.6. The fourth-order valence-corrected chi connectivity index (χ4v) is 1.49. The van der Waals surface area contributed by atoms with Gasteiger partial charge < -0.3 is 14.6 Å². The van der Waals surface area contributed by atoms with Crippen LogP contribution in [0.4, 0.5) is 4.39 Å². The first-order chi connectivity index (χ1) is 8.77. The number of ether oxygens (including phenoxy) is 2. The molecule has 1 rings (SSSR count). The summed E-state index contributed by atoms with van der Waals surface area (Å²) in [5.74, 6) is -0.950. The van der Waals surface area contributed by atoms with Crippen LogP contribution in [0.1, 0.15) is 32.4 Å². The van der Waals surface area contributed by atoms with Gasteiger partial charge >= 0.3 is 5.97 Å². The Morgan fingerprint density at radius 3 is 2.58 bits per heavy atom. The minimum atomic E-state index is -0.857. The number of methoxy groups -OCH3 is 1. The Hall–Kier alpha value is -1.62. The molecule has 0 saturated carbocycles. The molecule has 1 atom stereocenters. The van der Waals surface area contributed by atoms with Crippen molar-refractivity contribution < 1.29 is 23.8 Å². The summed E-state index contributed by atoms with van der Waals surface area (Å²) in [6, 6.07) is 4.23. The summed E-state index contributed by atoms with van der Waals surface area (Å²) in [7, 11) is 1.29. The molecule has 4 nitrogen and oxygen atoms in total. The second-order valence-electron chi connectivity index (χ2n) is 5.03. The minimum absolute atomic E-state index is 0.00458. The number of hydrogen-bond acceptors (Lipinski definition) is 4. The Morgan fingerprint density at radius 1 is 1.47 bits per heavy atom. The number of benzene rings is 1. The van der Waals surface area contributed by atoms with Crippen molar-refractivity contribution >= 4 is 5.97 Å². The van der Waals surface area contributed by atoms with Crippen LogP contribution in [-0.2, 0) is 9.53 Å². The van der Waals surface area contributed by atoms with Crippen molar-refractivity contribution in [1.29, 1.82) is 0 Å². The maximum absolute atomic E-state index is 13.7. The van der Waals surface area contributed by atoms with Crippen LogP contribution in [0, 0.1) is 11.2 Å². The molecule has 1 N–H and O–H groups in total. The molecule has 0 aliphatic carbocycles. The normalized spacial score (nSPS) is 12.9.